The second-order valence-corrected chi connectivity index (χ2v) is 4.06. The zero-order chi connectivity index (χ0) is 10.6. The van der Waals surface area contributed by atoms with Gasteiger partial charge in [-0.1, -0.05) is 18.2 Å². The molecule has 0 bridgehead atoms. The zero-order valence-electron chi connectivity index (χ0n) is 7.02. The van der Waals surface area contributed by atoms with E-state index in [1.54, 1.807) is 28.5 Å². The van der Waals surface area contributed by atoms with E-state index in [0.29, 0.717) is 0 Å². The minimum atomic E-state index is -3.76. The molecule has 0 unspecified atom stereocenters. The SMILES string of the molecule is [NH]C(=O)NNS(=O)(=O)c1ccccc1. The van der Waals surface area contributed by atoms with Gasteiger partial charge in [-0.2, -0.15) is 0 Å². The van der Waals surface area contributed by atoms with Crippen LogP contribution in [0.5, 0.6) is 0 Å². The van der Waals surface area contributed by atoms with E-state index in [9.17, 15) is 13.2 Å². The molecule has 3 N–H and O–H groups in total. The molecular weight excluding hydrogens is 206 g/mol. The van der Waals surface area contributed by atoms with Crippen molar-refractivity contribution in [2.24, 2.45) is 0 Å². The number of benzene rings is 1. The molecule has 7 heteroatoms. The van der Waals surface area contributed by atoms with Crippen molar-refractivity contribution in [3.8, 4) is 0 Å². The Hall–Kier alpha value is -1.60. The number of carbonyl (C=O) groups is 1. The average molecular weight is 214 g/mol. The maximum atomic E-state index is 11.3. The Kier molecular flexibility index (Phi) is 3.05. The molecule has 0 aliphatic rings. The van der Waals surface area contributed by atoms with Crippen molar-refractivity contribution in [3.05, 3.63) is 30.3 Å². The standard InChI is InChI=1S/C7H8N3O3S/c8-7(11)9-10-14(12,13)6-4-2-1-3-5-6/h1-5,8,10H,(H,9,11). The summed E-state index contributed by atoms with van der Waals surface area (Å²) in [7, 11) is -3.76. The smallest absolute Gasteiger partial charge is 0.258 e. The highest BCUT2D eigenvalue weighted by Gasteiger charge is 2.12. The van der Waals surface area contributed by atoms with Crippen LogP contribution >= 0.6 is 0 Å². The highest BCUT2D eigenvalue weighted by atomic mass is 32.2. The van der Waals surface area contributed by atoms with E-state index < -0.39 is 16.1 Å². The van der Waals surface area contributed by atoms with Crippen LogP contribution in [0.2, 0.25) is 0 Å². The van der Waals surface area contributed by atoms with E-state index in [1.807, 2.05) is 0 Å². The fraction of sp³-hybridized carbons (Fsp3) is 0. The van der Waals surface area contributed by atoms with Crippen LogP contribution in [-0.4, -0.2) is 14.4 Å². The highest BCUT2D eigenvalue weighted by Crippen LogP contribution is 2.05. The number of rotatable bonds is 3. The van der Waals surface area contributed by atoms with Crippen LogP contribution in [-0.2, 0) is 10.0 Å². The largest absolute Gasteiger partial charge is 0.348 e. The lowest BCUT2D eigenvalue weighted by Gasteiger charge is -2.04. The third-order valence-electron chi connectivity index (χ3n) is 1.35. The van der Waals surface area contributed by atoms with Crippen LogP contribution in [0.3, 0.4) is 0 Å². The van der Waals surface area contributed by atoms with Crippen LogP contribution < -0.4 is 16.0 Å². The van der Waals surface area contributed by atoms with Gasteiger partial charge in [-0.25, -0.2) is 18.9 Å². The van der Waals surface area contributed by atoms with Crippen LogP contribution in [0, 0.1) is 0 Å². The number of hydrazine groups is 1. The minimum Gasteiger partial charge on any atom is -0.258 e. The van der Waals surface area contributed by atoms with Crippen molar-refractivity contribution >= 4 is 16.1 Å². The fourth-order valence-electron chi connectivity index (χ4n) is 0.772. The van der Waals surface area contributed by atoms with Crippen molar-refractivity contribution in [2.45, 2.75) is 4.90 Å². The molecule has 1 rings (SSSR count). The van der Waals surface area contributed by atoms with E-state index in [4.69, 9.17) is 5.73 Å². The average Bonchev–Trinajstić information content (AvgIpc) is 2.16. The zero-order valence-corrected chi connectivity index (χ0v) is 7.84. The summed E-state index contributed by atoms with van der Waals surface area (Å²) in [6, 6.07) is 6.30. The molecule has 0 spiro atoms. The first-order valence-corrected chi connectivity index (χ1v) is 5.09. The Labute approximate surface area is 81.1 Å². The van der Waals surface area contributed by atoms with Gasteiger partial charge in [0.1, 0.15) is 0 Å². The first-order chi connectivity index (χ1) is 6.52. The number of hydrogen-bond acceptors (Lipinski definition) is 3. The third-order valence-corrected chi connectivity index (χ3v) is 2.62. The molecule has 1 radical (unpaired) electrons. The maximum absolute atomic E-state index is 11.3. The van der Waals surface area contributed by atoms with Crippen molar-refractivity contribution in [3.63, 3.8) is 0 Å². The van der Waals surface area contributed by atoms with Gasteiger partial charge in [-0.3, -0.25) is 5.43 Å². The third kappa shape index (κ3) is 2.71. The van der Waals surface area contributed by atoms with Crippen molar-refractivity contribution in [1.29, 1.82) is 0 Å². The Bertz CT molecular complexity index is 415. The lowest BCUT2D eigenvalue weighted by Crippen LogP contribution is -2.41. The van der Waals surface area contributed by atoms with Gasteiger partial charge >= 0.3 is 6.03 Å². The lowest BCUT2D eigenvalue weighted by molar-refractivity contribution is 0.246. The lowest BCUT2D eigenvalue weighted by atomic mass is 10.4. The predicted molar refractivity (Wildman–Crippen MR) is 48.4 cm³/mol. The van der Waals surface area contributed by atoms with Gasteiger partial charge in [0.05, 0.1) is 4.90 Å². The highest BCUT2D eigenvalue weighted by molar-refractivity contribution is 7.89. The molecule has 75 valence electrons. The second kappa shape index (κ2) is 4.07. The van der Waals surface area contributed by atoms with E-state index in [1.165, 1.54) is 12.1 Å². The fourth-order valence-corrected chi connectivity index (χ4v) is 1.63. The first-order valence-electron chi connectivity index (χ1n) is 3.61. The van der Waals surface area contributed by atoms with Gasteiger partial charge < -0.3 is 0 Å². The molecule has 0 saturated heterocycles. The molecule has 1 aromatic carbocycles. The molecule has 0 aromatic heterocycles. The summed E-state index contributed by atoms with van der Waals surface area (Å²) >= 11 is 0. The van der Waals surface area contributed by atoms with E-state index >= 15 is 0 Å². The number of sulfonamides is 1. The van der Waals surface area contributed by atoms with E-state index in [-0.39, 0.29) is 4.90 Å². The van der Waals surface area contributed by atoms with Crippen molar-refractivity contribution < 1.29 is 13.2 Å². The predicted octanol–water partition coefficient (Wildman–Crippen LogP) is -0.128. The van der Waals surface area contributed by atoms with Gasteiger partial charge in [0, 0.05) is 0 Å². The number of carbonyl (C=O) groups excluding carboxylic acids is 1. The number of nitrogens with one attached hydrogen (secondary N) is 3. The number of urea groups is 1. The molecule has 0 aliphatic carbocycles. The van der Waals surface area contributed by atoms with Crippen LogP contribution in [0.15, 0.2) is 35.2 Å². The molecular formula is C7H8N3O3S. The monoisotopic (exact) mass is 214 g/mol. The Balaban J connectivity index is 2.82. The molecule has 1 aromatic rings. The Morgan fingerprint density at radius 1 is 1.21 bits per heavy atom. The number of hydrogen-bond donors (Lipinski definition) is 2. The second-order valence-electron chi connectivity index (χ2n) is 2.37. The van der Waals surface area contributed by atoms with Crippen LogP contribution in [0.4, 0.5) is 4.79 Å². The molecule has 0 saturated carbocycles. The Morgan fingerprint density at radius 3 is 2.29 bits per heavy atom. The summed E-state index contributed by atoms with van der Waals surface area (Å²) in [6.45, 7) is 0. The van der Waals surface area contributed by atoms with Gasteiger partial charge in [0.2, 0.25) is 0 Å². The topological polar surface area (TPSA) is 99.1 Å². The van der Waals surface area contributed by atoms with E-state index in [2.05, 4.69) is 0 Å². The molecule has 14 heavy (non-hydrogen) atoms. The van der Waals surface area contributed by atoms with E-state index in [0.717, 1.165) is 0 Å². The summed E-state index contributed by atoms with van der Waals surface area (Å²) in [5.41, 5.74) is 8.12. The molecule has 0 heterocycles. The summed E-state index contributed by atoms with van der Waals surface area (Å²) in [4.78, 5) is 11.9. The van der Waals surface area contributed by atoms with Crippen molar-refractivity contribution in [2.75, 3.05) is 0 Å². The summed E-state index contributed by atoms with van der Waals surface area (Å²) in [5, 5.41) is 0. The summed E-state index contributed by atoms with van der Waals surface area (Å²) in [5.74, 6) is 0. The molecule has 6 nitrogen and oxygen atoms in total. The minimum absolute atomic E-state index is 0.0220. The van der Waals surface area contributed by atoms with Gasteiger partial charge in [0.15, 0.2) is 0 Å². The maximum Gasteiger partial charge on any atom is 0.348 e. The summed E-state index contributed by atoms with van der Waals surface area (Å²) in [6.07, 6.45) is 0. The molecule has 0 fully saturated rings. The molecule has 0 atom stereocenters. The molecule has 0 aliphatic heterocycles. The van der Waals surface area contributed by atoms with Crippen LogP contribution in [0.25, 0.3) is 0 Å². The van der Waals surface area contributed by atoms with Crippen LogP contribution in [0.1, 0.15) is 0 Å². The van der Waals surface area contributed by atoms with Gasteiger partial charge in [-0.15, -0.1) is 4.83 Å². The Morgan fingerprint density at radius 2 is 1.79 bits per heavy atom. The normalized spacial score (nSPS) is 10.9. The van der Waals surface area contributed by atoms with Gasteiger partial charge in [0.25, 0.3) is 10.0 Å². The quantitative estimate of drug-likeness (QED) is 0.685. The van der Waals surface area contributed by atoms with Crippen molar-refractivity contribution in [1.82, 2.24) is 16.0 Å². The number of amides is 2. The molecule has 2 amide bonds. The summed E-state index contributed by atoms with van der Waals surface area (Å²) < 4.78 is 22.7. The van der Waals surface area contributed by atoms with Gasteiger partial charge in [-0.05, 0) is 12.1 Å². The first kappa shape index (κ1) is 10.5.